The summed E-state index contributed by atoms with van der Waals surface area (Å²) in [5, 5.41) is 9.90. The van der Waals surface area contributed by atoms with Crippen molar-refractivity contribution in [1.82, 2.24) is 0 Å². The van der Waals surface area contributed by atoms with E-state index in [1.54, 1.807) is 12.1 Å². The second kappa shape index (κ2) is 7.30. The Morgan fingerprint density at radius 3 is 1.60 bits per heavy atom. The van der Waals surface area contributed by atoms with Gasteiger partial charge in [0, 0.05) is 17.9 Å². The van der Waals surface area contributed by atoms with Crippen molar-refractivity contribution in [2.45, 2.75) is 11.8 Å². The number of carbonyl (C=O) groups excluding carboxylic acids is 2. The summed E-state index contributed by atoms with van der Waals surface area (Å²) in [6.07, 6.45) is 4.15. The maximum absolute atomic E-state index is 13.6. The molecule has 2 amide bonds. The van der Waals surface area contributed by atoms with Crippen molar-refractivity contribution in [3.05, 3.63) is 108 Å². The molecule has 0 unspecified atom stereocenters. The Labute approximate surface area is 175 Å². The normalized spacial score (nSPS) is 25.4. The summed E-state index contributed by atoms with van der Waals surface area (Å²) < 4.78 is 0. The van der Waals surface area contributed by atoms with Crippen molar-refractivity contribution in [3.63, 3.8) is 0 Å². The van der Waals surface area contributed by atoms with Gasteiger partial charge in [-0.3, -0.25) is 9.59 Å². The summed E-state index contributed by atoms with van der Waals surface area (Å²) in [5.74, 6) is -1.72. The van der Waals surface area contributed by atoms with Crippen LogP contribution < -0.4 is 4.90 Å². The zero-order chi connectivity index (χ0) is 20.7. The van der Waals surface area contributed by atoms with Crippen LogP contribution in [0, 0.1) is 11.8 Å². The summed E-state index contributed by atoms with van der Waals surface area (Å²) >= 11 is 0. The number of carbonyl (C=O) groups is 2. The van der Waals surface area contributed by atoms with Crippen molar-refractivity contribution < 1.29 is 14.7 Å². The number of fused-ring (bicyclic) bond motifs is 1. The van der Waals surface area contributed by atoms with E-state index in [2.05, 4.69) is 12.2 Å². The van der Waals surface area contributed by atoms with Gasteiger partial charge in [0.05, 0.1) is 17.5 Å². The van der Waals surface area contributed by atoms with E-state index in [0.29, 0.717) is 5.69 Å². The van der Waals surface area contributed by atoms with Gasteiger partial charge in [-0.15, -0.1) is 0 Å². The molecule has 1 aliphatic carbocycles. The quantitative estimate of drug-likeness (QED) is 0.519. The highest BCUT2D eigenvalue weighted by atomic mass is 16.3. The minimum Gasteiger partial charge on any atom is -0.508 e. The zero-order valence-electron chi connectivity index (χ0n) is 16.3. The van der Waals surface area contributed by atoms with Crippen molar-refractivity contribution in [1.29, 1.82) is 0 Å². The smallest absolute Gasteiger partial charge is 0.238 e. The van der Waals surface area contributed by atoms with Crippen LogP contribution in [0.5, 0.6) is 5.75 Å². The van der Waals surface area contributed by atoms with Gasteiger partial charge in [-0.2, -0.15) is 0 Å². The molecule has 0 bridgehead atoms. The maximum Gasteiger partial charge on any atom is 0.238 e. The monoisotopic (exact) mass is 395 g/mol. The highest BCUT2D eigenvalue weighted by molar-refractivity contribution is 6.23. The van der Waals surface area contributed by atoms with Crippen molar-refractivity contribution >= 4 is 17.5 Å². The molecule has 1 saturated heterocycles. The van der Waals surface area contributed by atoms with E-state index in [1.807, 2.05) is 60.7 Å². The first-order chi connectivity index (χ1) is 14.6. The fraction of sp³-hybridized carbons (Fsp3) is 0.154. The van der Waals surface area contributed by atoms with Crippen LogP contribution in [0.1, 0.15) is 23.0 Å². The number of rotatable bonds is 3. The Morgan fingerprint density at radius 1 is 0.633 bits per heavy atom. The molecule has 3 aromatic carbocycles. The average Bonchev–Trinajstić information content (AvgIpc) is 3.05. The summed E-state index contributed by atoms with van der Waals surface area (Å²) in [6.45, 7) is 0. The van der Waals surface area contributed by atoms with Gasteiger partial charge in [0.1, 0.15) is 5.75 Å². The number of hydrogen-bond donors (Lipinski definition) is 1. The Balaban J connectivity index is 1.64. The second-order valence-electron chi connectivity index (χ2n) is 7.84. The number of benzene rings is 3. The Bertz CT molecular complexity index is 1060. The third-order valence-corrected chi connectivity index (χ3v) is 6.15. The largest absolute Gasteiger partial charge is 0.508 e. The highest BCUT2D eigenvalue weighted by Crippen LogP contribution is 2.50. The third kappa shape index (κ3) is 2.92. The molecule has 4 heteroatoms. The summed E-state index contributed by atoms with van der Waals surface area (Å²) in [7, 11) is 0. The molecule has 4 atom stereocenters. The number of phenolic OH excluding ortho intramolecular Hbond substituents is 1. The number of phenols is 1. The lowest BCUT2D eigenvalue weighted by Crippen LogP contribution is -2.31. The molecule has 0 aromatic heterocycles. The van der Waals surface area contributed by atoms with E-state index in [-0.39, 0.29) is 29.4 Å². The molecular weight excluding hydrogens is 374 g/mol. The minimum atomic E-state index is -0.488. The first-order valence-corrected chi connectivity index (χ1v) is 10.1. The van der Waals surface area contributed by atoms with Gasteiger partial charge >= 0.3 is 0 Å². The minimum absolute atomic E-state index is 0.0281. The van der Waals surface area contributed by atoms with E-state index < -0.39 is 11.8 Å². The fourth-order valence-corrected chi connectivity index (χ4v) is 4.82. The van der Waals surface area contributed by atoms with E-state index in [4.69, 9.17) is 0 Å². The molecule has 1 fully saturated rings. The van der Waals surface area contributed by atoms with E-state index in [9.17, 15) is 14.7 Å². The lowest BCUT2D eigenvalue weighted by atomic mass is 9.68. The summed E-state index contributed by atoms with van der Waals surface area (Å²) in [6, 6.07) is 26.1. The number of aromatic hydroxyl groups is 1. The molecule has 5 rings (SSSR count). The SMILES string of the molecule is O=C1[C@H]2[C@H](C(=O)N1c1cccc(O)c1)[C@H](c1ccccc1)C=C[C@@H]2c1ccccc1. The van der Waals surface area contributed by atoms with Crippen LogP contribution in [-0.4, -0.2) is 16.9 Å². The van der Waals surface area contributed by atoms with E-state index in [1.165, 1.54) is 17.0 Å². The van der Waals surface area contributed by atoms with E-state index >= 15 is 0 Å². The summed E-state index contributed by atoms with van der Waals surface area (Å²) in [5.41, 5.74) is 2.46. The van der Waals surface area contributed by atoms with Gasteiger partial charge < -0.3 is 5.11 Å². The van der Waals surface area contributed by atoms with Crippen molar-refractivity contribution in [2.24, 2.45) is 11.8 Å². The molecule has 3 aromatic rings. The second-order valence-corrected chi connectivity index (χ2v) is 7.84. The van der Waals surface area contributed by atoms with Gasteiger partial charge in [-0.05, 0) is 23.3 Å². The highest BCUT2D eigenvalue weighted by Gasteiger charge is 2.55. The first kappa shape index (κ1) is 18.4. The lowest BCUT2D eigenvalue weighted by Gasteiger charge is -2.32. The van der Waals surface area contributed by atoms with Gasteiger partial charge in [-0.25, -0.2) is 4.90 Å². The zero-order valence-corrected chi connectivity index (χ0v) is 16.3. The van der Waals surface area contributed by atoms with Crippen LogP contribution in [0.2, 0.25) is 0 Å². The number of hydrogen-bond acceptors (Lipinski definition) is 3. The van der Waals surface area contributed by atoms with Gasteiger partial charge in [0.25, 0.3) is 0 Å². The van der Waals surface area contributed by atoms with Gasteiger partial charge in [0.15, 0.2) is 0 Å². The Hall–Kier alpha value is -3.66. The topological polar surface area (TPSA) is 57.6 Å². The predicted octanol–water partition coefficient (Wildman–Crippen LogP) is 4.64. The molecular formula is C26H21NO3. The molecule has 0 saturated carbocycles. The van der Waals surface area contributed by atoms with Crippen LogP contribution in [0.25, 0.3) is 0 Å². The summed E-state index contributed by atoms with van der Waals surface area (Å²) in [4.78, 5) is 28.5. The van der Waals surface area contributed by atoms with Crippen molar-refractivity contribution in [3.8, 4) is 5.75 Å². The number of amides is 2. The maximum atomic E-state index is 13.6. The molecule has 4 nitrogen and oxygen atoms in total. The fourth-order valence-electron chi connectivity index (χ4n) is 4.82. The molecule has 0 radical (unpaired) electrons. The van der Waals surface area contributed by atoms with Crippen LogP contribution in [0.3, 0.4) is 0 Å². The molecule has 2 aliphatic rings. The molecule has 0 spiro atoms. The van der Waals surface area contributed by atoms with Gasteiger partial charge in [0.2, 0.25) is 11.8 Å². The first-order valence-electron chi connectivity index (χ1n) is 10.1. The third-order valence-electron chi connectivity index (χ3n) is 6.15. The van der Waals surface area contributed by atoms with Crippen LogP contribution in [0.15, 0.2) is 97.1 Å². The van der Waals surface area contributed by atoms with Crippen molar-refractivity contribution in [2.75, 3.05) is 4.90 Å². The van der Waals surface area contributed by atoms with Crippen LogP contribution >= 0.6 is 0 Å². The standard InChI is InChI=1S/C26H21NO3/c28-20-13-7-12-19(16-20)27-25(29)23-21(17-8-3-1-4-9-17)14-15-22(24(23)26(27)30)18-10-5-2-6-11-18/h1-16,21-24,28H/t21-,22+,23-,24-/m1/s1. The molecule has 1 aliphatic heterocycles. The van der Waals surface area contributed by atoms with Crippen LogP contribution in [0.4, 0.5) is 5.69 Å². The number of nitrogens with zero attached hydrogens (tertiary/aromatic N) is 1. The molecule has 1 N–H and O–H groups in total. The lowest BCUT2D eigenvalue weighted by molar-refractivity contribution is -0.122. The molecule has 30 heavy (non-hydrogen) atoms. The molecule has 148 valence electrons. The predicted molar refractivity (Wildman–Crippen MR) is 115 cm³/mol. The number of anilines is 1. The Morgan fingerprint density at radius 2 is 1.13 bits per heavy atom. The number of allylic oxidation sites excluding steroid dienone is 2. The molecule has 1 heterocycles. The van der Waals surface area contributed by atoms with E-state index in [0.717, 1.165) is 11.1 Å². The Kier molecular flexibility index (Phi) is 4.47. The van der Waals surface area contributed by atoms with Crippen LogP contribution in [-0.2, 0) is 9.59 Å². The number of imide groups is 1. The van der Waals surface area contributed by atoms with Gasteiger partial charge in [-0.1, -0.05) is 78.9 Å². The average molecular weight is 395 g/mol.